The van der Waals surface area contributed by atoms with Crippen LogP contribution in [0.15, 0.2) is 12.2 Å². The van der Waals surface area contributed by atoms with Crippen LogP contribution in [0.3, 0.4) is 0 Å². The molecule has 1 heterocycles. The number of nitrogens with two attached hydrogens (primary N) is 1. The molecule has 2 N–H and O–H groups in total. The fourth-order valence-corrected chi connectivity index (χ4v) is 1.91. The van der Waals surface area contributed by atoms with Gasteiger partial charge in [0.15, 0.2) is 5.79 Å². The molecule has 1 fully saturated rings. The van der Waals surface area contributed by atoms with Crippen molar-refractivity contribution in [2.45, 2.75) is 64.6 Å². The van der Waals surface area contributed by atoms with Gasteiger partial charge in [-0.1, -0.05) is 26.0 Å². The van der Waals surface area contributed by atoms with Crippen molar-refractivity contribution in [3.05, 3.63) is 12.2 Å². The second kappa shape index (κ2) is 5.10. The number of ether oxygens (including phenoxy) is 2. The Bertz CT molecular complexity index is 226. The minimum Gasteiger partial charge on any atom is -0.345 e. The summed E-state index contributed by atoms with van der Waals surface area (Å²) in [6.07, 6.45) is 6.11. The van der Waals surface area contributed by atoms with Gasteiger partial charge in [-0.05, 0) is 26.7 Å². The van der Waals surface area contributed by atoms with Crippen LogP contribution in [0.25, 0.3) is 0 Å². The zero-order chi connectivity index (χ0) is 11.5. The molecule has 15 heavy (non-hydrogen) atoms. The van der Waals surface area contributed by atoms with Crippen LogP contribution >= 0.6 is 0 Å². The van der Waals surface area contributed by atoms with Crippen LogP contribution in [-0.2, 0) is 9.47 Å². The molecule has 88 valence electrons. The largest absolute Gasteiger partial charge is 0.345 e. The van der Waals surface area contributed by atoms with Crippen molar-refractivity contribution in [2.24, 2.45) is 5.73 Å². The standard InChI is InChI=1S/C12H23NO2/c1-5-7-8-9(13)11-10(6-2)14-12(3,4)15-11/h7-11H,5-6,13H2,1-4H3/t9-,10+,11-/m0/s1. The summed E-state index contributed by atoms with van der Waals surface area (Å²) in [6.45, 7) is 8.06. The molecular weight excluding hydrogens is 190 g/mol. The lowest BCUT2D eigenvalue weighted by Gasteiger charge is -2.20. The molecule has 0 saturated carbocycles. The minimum atomic E-state index is -0.497. The van der Waals surface area contributed by atoms with Gasteiger partial charge in [-0.15, -0.1) is 0 Å². The summed E-state index contributed by atoms with van der Waals surface area (Å²) in [5.74, 6) is -0.497. The first kappa shape index (κ1) is 12.7. The molecule has 3 atom stereocenters. The SMILES string of the molecule is CCC=C[C@H](N)[C@@H]1OC(C)(C)O[C@@H]1CC. The fourth-order valence-electron chi connectivity index (χ4n) is 1.91. The second-order valence-electron chi connectivity index (χ2n) is 4.46. The normalized spacial score (nSPS) is 32.3. The molecule has 1 aliphatic heterocycles. The highest BCUT2D eigenvalue weighted by atomic mass is 16.8. The lowest BCUT2D eigenvalue weighted by atomic mass is 10.0. The van der Waals surface area contributed by atoms with Crippen molar-refractivity contribution in [1.29, 1.82) is 0 Å². The van der Waals surface area contributed by atoms with E-state index >= 15 is 0 Å². The first-order valence-corrected chi connectivity index (χ1v) is 5.78. The maximum Gasteiger partial charge on any atom is 0.163 e. The molecule has 1 rings (SSSR count). The molecule has 0 spiro atoms. The summed E-state index contributed by atoms with van der Waals surface area (Å²) in [4.78, 5) is 0. The Labute approximate surface area is 92.6 Å². The highest BCUT2D eigenvalue weighted by Crippen LogP contribution is 2.31. The Morgan fingerprint density at radius 1 is 1.33 bits per heavy atom. The average Bonchev–Trinajstić information content (AvgIpc) is 2.50. The lowest BCUT2D eigenvalue weighted by molar-refractivity contribution is -0.147. The monoisotopic (exact) mass is 213 g/mol. The highest BCUT2D eigenvalue weighted by Gasteiger charge is 2.42. The Hall–Kier alpha value is -0.380. The zero-order valence-corrected chi connectivity index (χ0v) is 10.2. The van der Waals surface area contributed by atoms with E-state index in [4.69, 9.17) is 15.2 Å². The van der Waals surface area contributed by atoms with E-state index in [1.165, 1.54) is 0 Å². The highest BCUT2D eigenvalue weighted by molar-refractivity contribution is 5.00. The summed E-state index contributed by atoms with van der Waals surface area (Å²) in [5, 5.41) is 0. The number of hydrogen-bond donors (Lipinski definition) is 1. The summed E-state index contributed by atoms with van der Waals surface area (Å²) >= 11 is 0. The maximum atomic E-state index is 6.06. The van der Waals surface area contributed by atoms with E-state index in [1.807, 2.05) is 19.9 Å². The van der Waals surface area contributed by atoms with E-state index in [1.54, 1.807) is 0 Å². The van der Waals surface area contributed by atoms with Gasteiger partial charge in [-0.2, -0.15) is 0 Å². The molecule has 0 aliphatic carbocycles. The van der Waals surface area contributed by atoms with Gasteiger partial charge in [0.1, 0.15) is 6.10 Å². The van der Waals surface area contributed by atoms with Crippen molar-refractivity contribution in [1.82, 2.24) is 0 Å². The zero-order valence-electron chi connectivity index (χ0n) is 10.2. The van der Waals surface area contributed by atoms with E-state index in [0.29, 0.717) is 0 Å². The molecule has 0 aromatic heterocycles. The third-order valence-electron chi connectivity index (χ3n) is 2.60. The van der Waals surface area contributed by atoms with Gasteiger partial charge >= 0.3 is 0 Å². The lowest BCUT2D eigenvalue weighted by Crippen LogP contribution is -2.40. The van der Waals surface area contributed by atoms with E-state index in [-0.39, 0.29) is 18.2 Å². The summed E-state index contributed by atoms with van der Waals surface area (Å²) in [5.41, 5.74) is 6.06. The first-order valence-electron chi connectivity index (χ1n) is 5.78. The summed E-state index contributed by atoms with van der Waals surface area (Å²) in [6, 6.07) is -0.0725. The first-order chi connectivity index (χ1) is 7.00. The van der Waals surface area contributed by atoms with Crippen LogP contribution in [0.5, 0.6) is 0 Å². The van der Waals surface area contributed by atoms with Crippen LogP contribution < -0.4 is 5.73 Å². The fraction of sp³-hybridized carbons (Fsp3) is 0.833. The third-order valence-corrected chi connectivity index (χ3v) is 2.60. The second-order valence-corrected chi connectivity index (χ2v) is 4.46. The molecule has 0 radical (unpaired) electrons. The van der Waals surface area contributed by atoms with Crippen molar-refractivity contribution >= 4 is 0 Å². The van der Waals surface area contributed by atoms with Gasteiger partial charge in [-0.3, -0.25) is 0 Å². The smallest absolute Gasteiger partial charge is 0.163 e. The van der Waals surface area contributed by atoms with Gasteiger partial charge in [0.2, 0.25) is 0 Å². The number of rotatable bonds is 4. The van der Waals surface area contributed by atoms with Crippen LogP contribution in [0.2, 0.25) is 0 Å². The topological polar surface area (TPSA) is 44.5 Å². The Kier molecular flexibility index (Phi) is 4.32. The third kappa shape index (κ3) is 3.30. The number of allylic oxidation sites excluding steroid dienone is 1. The van der Waals surface area contributed by atoms with Crippen molar-refractivity contribution in [3.8, 4) is 0 Å². The van der Waals surface area contributed by atoms with Crippen molar-refractivity contribution < 1.29 is 9.47 Å². The molecule has 1 saturated heterocycles. The van der Waals surface area contributed by atoms with Crippen LogP contribution in [0.1, 0.15) is 40.5 Å². The Morgan fingerprint density at radius 2 is 2.00 bits per heavy atom. The minimum absolute atomic E-state index is 0.0206. The summed E-state index contributed by atoms with van der Waals surface area (Å²) < 4.78 is 11.6. The Balaban J connectivity index is 2.63. The van der Waals surface area contributed by atoms with E-state index in [9.17, 15) is 0 Å². The quantitative estimate of drug-likeness (QED) is 0.728. The predicted octanol–water partition coefficient (Wildman–Crippen LogP) is 2.21. The average molecular weight is 213 g/mol. The van der Waals surface area contributed by atoms with Crippen LogP contribution in [0, 0.1) is 0 Å². The molecule has 0 unspecified atom stereocenters. The predicted molar refractivity (Wildman–Crippen MR) is 61.5 cm³/mol. The summed E-state index contributed by atoms with van der Waals surface area (Å²) in [7, 11) is 0. The Morgan fingerprint density at radius 3 is 2.53 bits per heavy atom. The van der Waals surface area contributed by atoms with E-state index in [0.717, 1.165) is 12.8 Å². The van der Waals surface area contributed by atoms with Gasteiger partial charge in [-0.25, -0.2) is 0 Å². The van der Waals surface area contributed by atoms with E-state index in [2.05, 4.69) is 19.9 Å². The number of hydrogen-bond acceptors (Lipinski definition) is 3. The van der Waals surface area contributed by atoms with Gasteiger partial charge in [0.25, 0.3) is 0 Å². The van der Waals surface area contributed by atoms with E-state index < -0.39 is 5.79 Å². The van der Waals surface area contributed by atoms with Gasteiger partial charge < -0.3 is 15.2 Å². The molecule has 0 aromatic carbocycles. The van der Waals surface area contributed by atoms with Crippen molar-refractivity contribution in [2.75, 3.05) is 0 Å². The molecule has 3 heteroatoms. The van der Waals surface area contributed by atoms with Crippen LogP contribution in [-0.4, -0.2) is 24.0 Å². The maximum absolute atomic E-state index is 6.06. The molecule has 3 nitrogen and oxygen atoms in total. The van der Waals surface area contributed by atoms with Gasteiger partial charge in [0.05, 0.1) is 12.1 Å². The molecule has 0 bridgehead atoms. The van der Waals surface area contributed by atoms with Crippen molar-refractivity contribution in [3.63, 3.8) is 0 Å². The molecule has 1 aliphatic rings. The molecule has 0 amide bonds. The molecule has 0 aromatic rings. The van der Waals surface area contributed by atoms with Gasteiger partial charge in [0, 0.05) is 0 Å². The van der Waals surface area contributed by atoms with Crippen LogP contribution in [0.4, 0.5) is 0 Å². The molecular formula is C12H23NO2.